The van der Waals surface area contributed by atoms with Crippen LogP contribution in [0.25, 0.3) is 0 Å². The first-order valence-corrected chi connectivity index (χ1v) is 5.31. The summed E-state index contributed by atoms with van der Waals surface area (Å²) in [5.74, 6) is -0.299. The highest BCUT2D eigenvalue weighted by Crippen LogP contribution is 2.18. The van der Waals surface area contributed by atoms with Crippen LogP contribution in [0.3, 0.4) is 0 Å². The van der Waals surface area contributed by atoms with Crippen molar-refractivity contribution < 1.29 is 4.39 Å². The van der Waals surface area contributed by atoms with E-state index >= 15 is 0 Å². The van der Waals surface area contributed by atoms with Crippen molar-refractivity contribution in [3.63, 3.8) is 0 Å². The van der Waals surface area contributed by atoms with Crippen molar-refractivity contribution in [2.24, 2.45) is 0 Å². The monoisotopic (exact) mass is 230 g/mol. The topological polar surface area (TPSA) is 15.3 Å². The van der Waals surface area contributed by atoms with Gasteiger partial charge in [-0.3, -0.25) is 0 Å². The molecule has 0 saturated heterocycles. The van der Waals surface area contributed by atoms with Crippen molar-refractivity contribution in [3.05, 3.63) is 29.0 Å². The Morgan fingerprint density at radius 2 is 2.13 bits per heavy atom. The van der Waals surface area contributed by atoms with Crippen molar-refractivity contribution in [1.82, 2.24) is 4.90 Å². The summed E-state index contributed by atoms with van der Waals surface area (Å²) in [6.07, 6.45) is 0.981. The molecule has 1 N–H and O–H groups in total. The Kier molecular flexibility index (Phi) is 4.85. The number of rotatable bonds is 5. The second kappa shape index (κ2) is 5.93. The number of hydrogen-bond acceptors (Lipinski definition) is 2. The van der Waals surface area contributed by atoms with E-state index in [0.29, 0.717) is 10.7 Å². The molecule has 0 atom stereocenters. The highest BCUT2D eigenvalue weighted by atomic mass is 35.5. The highest BCUT2D eigenvalue weighted by molar-refractivity contribution is 6.30. The minimum Gasteiger partial charge on any atom is -0.383 e. The third-order valence-corrected chi connectivity index (χ3v) is 2.26. The number of nitrogens with one attached hydrogen (secondary N) is 1. The van der Waals surface area contributed by atoms with Crippen LogP contribution in [-0.2, 0) is 0 Å². The number of anilines is 1. The molecule has 15 heavy (non-hydrogen) atoms. The van der Waals surface area contributed by atoms with Gasteiger partial charge in [-0.1, -0.05) is 11.6 Å². The van der Waals surface area contributed by atoms with Crippen LogP contribution in [0.2, 0.25) is 5.02 Å². The van der Waals surface area contributed by atoms with Crippen LogP contribution in [-0.4, -0.2) is 32.1 Å². The third-order valence-electron chi connectivity index (χ3n) is 2.03. The van der Waals surface area contributed by atoms with E-state index in [1.54, 1.807) is 12.1 Å². The lowest BCUT2D eigenvalue weighted by molar-refractivity contribution is 0.405. The van der Waals surface area contributed by atoms with Gasteiger partial charge in [0.1, 0.15) is 5.82 Å². The maximum atomic E-state index is 13.3. The molecule has 0 aliphatic rings. The molecule has 0 heterocycles. The van der Waals surface area contributed by atoms with Gasteiger partial charge >= 0.3 is 0 Å². The fraction of sp³-hybridized carbons (Fsp3) is 0.455. The molecule has 0 bridgehead atoms. The summed E-state index contributed by atoms with van der Waals surface area (Å²) in [5, 5.41) is 3.46. The Hall–Kier alpha value is -0.800. The standard InChI is InChI=1S/C11H16ClFN2/c1-15(2)7-3-6-14-11-5-4-9(12)8-10(11)13/h4-5,8,14H,3,6-7H2,1-2H3. The van der Waals surface area contributed by atoms with Crippen LogP contribution >= 0.6 is 11.6 Å². The number of hydrogen-bond donors (Lipinski definition) is 1. The van der Waals surface area contributed by atoms with Crippen LogP contribution in [0.4, 0.5) is 10.1 Å². The molecule has 1 aromatic rings. The maximum Gasteiger partial charge on any atom is 0.147 e. The predicted octanol–water partition coefficient (Wildman–Crippen LogP) is 2.84. The molecule has 0 radical (unpaired) electrons. The van der Waals surface area contributed by atoms with E-state index in [1.807, 2.05) is 14.1 Å². The summed E-state index contributed by atoms with van der Waals surface area (Å²) in [5.41, 5.74) is 0.512. The minimum absolute atomic E-state index is 0.299. The summed E-state index contributed by atoms with van der Waals surface area (Å²) >= 11 is 5.65. The normalized spacial score (nSPS) is 10.7. The van der Waals surface area contributed by atoms with Crippen LogP contribution in [0.5, 0.6) is 0 Å². The zero-order valence-electron chi connectivity index (χ0n) is 9.06. The predicted molar refractivity (Wildman–Crippen MR) is 63.1 cm³/mol. The average Bonchev–Trinajstić information content (AvgIpc) is 2.14. The lowest BCUT2D eigenvalue weighted by atomic mass is 10.3. The first-order valence-electron chi connectivity index (χ1n) is 4.93. The Balaban J connectivity index is 2.37. The SMILES string of the molecule is CN(C)CCCNc1ccc(Cl)cc1F. The Morgan fingerprint density at radius 3 is 2.73 bits per heavy atom. The van der Waals surface area contributed by atoms with Crippen molar-refractivity contribution in [2.75, 3.05) is 32.5 Å². The molecule has 2 nitrogen and oxygen atoms in total. The summed E-state index contributed by atoms with van der Waals surface area (Å²) in [7, 11) is 4.03. The van der Waals surface area contributed by atoms with Gasteiger partial charge in [-0.15, -0.1) is 0 Å². The number of benzene rings is 1. The van der Waals surface area contributed by atoms with E-state index in [4.69, 9.17) is 11.6 Å². The van der Waals surface area contributed by atoms with Gasteiger partial charge in [0, 0.05) is 11.6 Å². The van der Waals surface area contributed by atoms with E-state index in [-0.39, 0.29) is 5.82 Å². The quantitative estimate of drug-likeness (QED) is 0.783. The van der Waals surface area contributed by atoms with Gasteiger partial charge in [-0.05, 0) is 45.3 Å². The van der Waals surface area contributed by atoms with Crippen molar-refractivity contribution in [2.45, 2.75) is 6.42 Å². The van der Waals surface area contributed by atoms with Gasteiger partial charge < -0.3 is 10.2 Å². The smallest absolute Gasteiger partial charge is 0.147 e. The fourth-order valence-electron chi connectivity index (χ4n) is 1.25. The van der Waals surface area contributed by atoms with Gasteiger partial charge in [-0.2, -0.15) is 0 Å². The number of nitrogens with zero attached hydrogens (tertiary/aromatic N) is 1. The van der Waals surface area contributed by atoms with Gasteiger partial charge in [-0.25, -0.2) is 4.39 Å². The van der Waals surface area contributed by atoms with Gasteiger partial charge in [0.05, 0.1) is 5.69 Å². The van der Waals surface area contributed by atoms with E-state index in [1.165, 1.54) is 6.07 Å². The molecule has 0 aliphatic carbocycles. The maximum absolute atomic E-state index is 13.3. The van der Waals surface area contributed by atoms with Crippen molar-refractivity contribution >= 4 is 17.3 Å². The van der Waals surface area contributed by atoms with Crippen molar-refractivity contribution in [3.8, 4) is 0 Å². The van der Waals surface area contributed by atoms with Gasteiger partial charge in [0.25, 0.3) is 0 Å². The molecule has 0 aromatic heterocycles. The van der Waals surface area contributed by atoms with Crippen molar-refractivity contribution in [1.29, 1.82) is 0 Å². The van der Waals surface area contributed by atoms with E-state index in [0.717, 1.165) is 19.5 Å². The molecule has 0 unspecified atom stereocenters. The van der Waals surface area contributed by atoms with Crippen LogP contribution in [0, 0.1) is 5.82 Å². The molecule has 0 amide bonds. The molecule has 0 spiro atoms. The Bertz CT molecular complexity index is 315. The molecule has 4 heteroatoms. The average molecular weight is 231 g/mol. The lowest BCUT2D eigenvalue weighted by Gasteiger charge is -2.11. The summed E-state index contributed by atoms with van der Waals surface area (Å²) in [6.45, 7) is 1.75. The second-order valence-electron chi connectivity index (χ2n) is 3.71. The zero-order valence-corrected chi connectivity index (χ0v) is 9.81. The molecule has 1 aromatic carbocycles. The molecular weight excluding hydrogens is 215 g/mol. The lowest BCUT2D eigenvalue weighted by Crippen LogP contribution is -2.16. The minimum atomic E-state index is -0.299. The summed E-state index contributed by atoms with van der Waals surface area (Å²) in [4.78, 5) is 2.10. The molecule has 0 fully saturated rings. The molecule has 0 aliphatic heterocycles. The molecule has 0 saturated carbocycles. The van der Waals surface area contributed by atoms with Gasteiger partial charge in [0.2, 0.25) is 0 Å². The van der Waals surface area contributed by atoms with E-state index in [9.17, 15) is 4.39 Å². The first-order chi connectivity index (χ1) is 7.09. The van der Waals surface area contributed by atoms with E-state index in [2.05, 4.69) is 10.2 Å². The largest absolute Gasteiger partial charge is 0.383 e. The Morgan fingerprint density at radius 1 is 1.40 bits per heavy atom. The van der Waals surface area contributed by atoms with Crippen LogP contribution in [0.1, 0.15) is 6.42 Å². The Labute approximate surface area is 95.0 Å². The first kappa shape index (κ1) is 12.3. The third kappa shape index (κ3) is 4.49. The molecule has 1 rings (SSSR count). The summed E-state index contributed by atoms with van der Waals surface area (Å²) in [6, 6.07) is 4.65. The van der Waals surface area contributed by atoms with Gasteiger partial charge in [0.15, 0.2) is 0 Å². The molecule has 84 valence electrons. The number of halogens is 2. The van der Waals surface area contributed by atoms with Crippen LogP contribution < -0.4 is 5.32 Å². The van der Waals surface area contributed by atoms with Crippen LogP contribution in [0.15, 0.2) is 18.2 Å². The van der Waals surface area contributed by atoms with E-state index < -0.39 is 0 Å². The highest BCUT2D eigenvalue weighted by Gasteiger charge is 2.01. The fourth-order valence-corrected chi connectivity index (χ4v) is 1.41. The summed E-state index contributed by atoms with van der Waals surface area (Å²) < 4.78 is 13.3. The zero-order chi connectivity index (χ0) is 11.3. The molecular formula is C11H16ClFN2. The second-order valence-corrected chi connectivity index (χ2v) is 4.14.